The van der Waals surface area contributed by atoms with Gasteiger partial charge in [-0.3, -0.25) is 4.79 Å². The molecular formula is C26H24Cl2N2O3. The first-order chi connectivity index (χ1) is 16.1. The fourth-order valence-electron chi connectivity index (χ4n) is 3.49. The number of hydrogen-bond donors (Lipinski definition) is 1. The van der Waals surface area contributed by atoms with Gasteiger partial charge in [-0.15, -0.1) is 0 Å². The standard InChI is InChI=1S/C26H24Cl2N2O3/c27-21-8-5-20(23(28)17-21)18-33-22-9-6-19(7-10-22)26(31)11-12-29-24-3-1-2-4-25(24)30-13-15-32-16-14-30/h1-12,17,29H,13-16,18H2. The number of nitrogens with one attached hydrogen (secondary N) is 1. The number of nitrogens with zero attached hydrogens (tertiary/aromatic N) is 1. The van der Waals surface area contributed by atoms with Crippen molar-refractivity contribution in [2.24, 2.45) is 0 Å². The maximum absolute atomic E-state index is 12.6. The zero-order valence-electron chi connectivity index (χ0n) is 18.0. The lowest BCUT2D eigenvalue weighted by atomic mass is 10.1. The van der Waals surface area contributed by atoms with Crippen LogP contribution in [0.15, 0.2) is 79.0 Å². The fourth-order valence-corrected chi connectivity index (χ4v) is 3.96. The van der Waals surface area contributed by atoms with Crippen LogP contribution in [0.1, 0.15) is 15.9 Å². The number of carbonyl (C=O) groups is 1. The Morgan fingerprint density at radius 3 is 2.55 bits per heavy atom. The molecule has 3 aromatic carbocycles. The highest BCUT2D eigenvalue weighted by atomic mass is 35.5. The summed E-state index contributed by atoms with van der Waals surface area (Å²) < 4.78 is 11.2. The highest BCUT2D eigenvalue weighted by Gasteiger charge is 2.14. The van der Waals surface area contributed by atoms with Crippen LogP contribution < -0.4 is 15.0 Å². The van der Waals surface area contributed by atoms with E-state index in [9.17, 15) is 4.79 Å². The molecule has 33 heavy (non-hydrogen) atoms. The van der Waals surface area contributed by atoms with E-state index in [1.807, 2.05) is 24.3 Å². The van der Waals surface area contributed by atoms with E-state index in [2.05, 4.69) is 16.3 Å². The molecule has 3 aromatic rings. The van der Waals surface area contributed by atoms with Crippen molar-refractivity contribution < 1.29 is 14.3 Å². The van der Waals surface area contributed by atoms with Crippen molar-refractivity contribution in [3.63, 3.8) is 0 Å². The van der Waals surface area contributed by atoms with Gasteiger partial charge in [-0.2, -0.15) is 0 Å². The molecule has 0 unspecified atom stereocenters. The number of allylic oxidation sites excluding steroid dienone is 1. The van der Waals surface area contributed by atoms with Crippen molar-refractivity contribution >= 4 is 40.4 Å². The van der Waals surface area contributed by atoms with Gasteiger partial charge in [0.25, 0.3) is 0 Å². The zero-order chi connectivity index (χ0) is 23.0. The molecule has 1 fully saturated rings. The van der Waals surface area contributed by atoms with Crippen LogP contribution in [0.25, 0.3) is 0 Å². The van der Waals surface area contributed by atoms with E-state index in [-0.39, 0.29) is 5.78 Å². The molecule has 0 spiro atoms. The first-order valence-corrected chi connectivity index (χ1v) is 11.4. The maximum atomic E-state index is 12.6. The van der Waals surface area contributed by atoms with Crippen LogP contribution in [0.4, 0.5) is 11.4 Å². The maximum Gasteiger partial charge on any atom is 0.187 e. The minimum atomic E-state index is -0.0985. The summed E-state index contributed by atoms with van der Waals surface area (Å²) in [6.45, 7) is 3.44. The molecule has 0 amide bonds. The first kappa shape index (κ1) is 23.2. The lowest BCUT2D eigenvalue weighted by Crippen LogP contribution is -2.36. The Kier molecular flexibility index (Phi) is 7.89. The molecule has 170 valence electrons. The Hall–Kier alpha value is -2.99. The molecule has 0 aromatic heterocycles. The Balaban J connectivity index is 1.33. The molecular weight excluding hydrogens is 459 g/mol. The van der Waals surface area contributed by atoms with Gasteiger partial charge in [0.1, 0.15) is 12.4 Å². The largest absolute Gasteiger partial charge is 0.489 e. The lowest BCUT2D eigenvalue weighted by Gasteiger charge is -2.30. The molecule has 1 aliphatic rings. The van der Waals surface area contributed by atoms with Gasteiger partial charge in [-0.05, 0) is 48.5 Å². The quantitative estimate of drug-likeness (QED) is 0.305. The van der Waals surface area contributed by atoms with E-state index >= 15 is 0 Å². The predicted molar refractivity (Wildman–Crippen MR) is 134 cm³/mol. The van der Waals surface area contributed by atoms with Crippen molar-refractivity contribution in [3.8, 4) is 5.75 Å². The Labute approximate surface area is 203 Å². The summed E-state index contributed by atoms with van der Waals surface area (Å²) in [5, 5.41) is 4.38. The normalized spacial score (nSPS) is 13.8. The summed E-state index contributed by atoms with van der Waals surface area (Å²) in [5.41, 5.74) is 3.47. The fraction of sp³-hybridized carbons (Fsp3) is 0.192. The zero-order valence-corrected chi connectivity index (χ0v) is 19.5. The molecule has 1 N–H and O–H groups in total. The third kappa shape index (κ3) is 6.29. The second kappa shape index (κ2) is 11.2. The Morgan fingerprint density at radius 2 is 1.79 bits per heavy atom. The summed E-state index contributed by atoms with van der Waals surface area (Å²) in [4.78, 5) is 14.8. The summed E-state index contributed by atoms with van der Waals surface area (Å²) >= 11 is 12.1. The number of halogens is 2. The minimum absolute atomic E-state index is 0.0985. The van der Waals surface area contributed by atoms with Gasteiger partial charge in [0, 0.05) is 46.5 Å². The molecule has 7 heteroatoms. The van der Waals surface area contributed by atoms with E-state index in [1.165, 1.54) is 6.08 Å². The van der Waals surface area contributed by atoms with Crippen LogP contribution in [0.5, 0.6) is 5.75 Å². The molecule has 1 aliphatic heterocycles. The molecule has 0 saturated carbocycles. The van der Waals surface area contributed by atoms with Crippen molar-refractivity contribution in [3.05, 3.63) is 100 Å². The van der Waals surface area contributed by atoms with Gasteiger partial charge in [0.05, 0.1) is 24.6 Å². The van der Waals surface area contributed by atoms with Crippen LogP contribution in [0, 0.1) is 0 Å². The molecule has 0 atom stereocenters. The SMILES string of the molecule is O=C(C=CNc1ccccc1N1CCOCC1)c1ccc(OCc2ccc(Cl)cc2Cl)cc1. The van der Waals surface area contributed by atoms with E-state index in [0.717, 1.165) is 43.2 Å². The average molecular weight is 483 g/mol. The summed E-state index contributed by atoms with van der Waals surface area (Å²) in [6, 6.07) is 20.4. The van der Waals surface area contributed by atoms with Crippen LogP contribution in [-0.4, -0.2) is 32.1 Å². The molecule has 1 saturated heterocycles. The number of ketones is 1. The number of carbonyl (C=O) groups excluding carboxylic acids is 1. The molecule has 4 rings (SSSR count). The number of hydrogen-bond acceptors (Lipinski definition) is 5. The Bertz CT molecular complexity index is 1130. The summed E-state index contributed by atoms with van der Waals surface area (Å²) in [6.07, 6.45) is 3.20. The smallest absolute Gasteiger partial charge is 0.187 e. The van der Waals surface area contributed by atoms with Gasteiger partial charge in [0.15, 0.2) is 5.78 Å². The van der Waals surface area contributed by atoms with Crippen LogP contribution in [0.2, 0.25) is 10.0 Å². The second-order valence-corrected chi connectivity index (χ2v) is 8.35. The third-order valence-corrected chi connectivity index (χ3v) is 5.86. The van der Waals surface area contributed by atoms with Gasteiger partial charge < -0.3 is 19.7 Å². The number of morpholine rings is 1. The van der Waals surface area contributed by atoms with Crippen LogP contribution >= 0.6 is 23.2 Å². The number of ether oxygens (including phenoxy) is 2. The number of rotatable bonds is 8. The van der Waals surface area contributed by atoms with Gasteiger partial charge in [-0.25, -0.2) is 0 Å². The molecule has 0 aliphatic carbocycles. The number of anilines is 2. The van der Waals surface area contributed by atoms with E-state index in [1.54, 1.807) is 42.6 Å². The van der Waals surface area contributed by atoms with Crippen molar-refractivity contribution in [2.45, 2.75) is 6.61 Å². The Morgan fingerprint density at radius 1 is 1.03 bits per heavy atom. The molecule has 0 radical (unpaired) electrons. The second-order valence-electron chi connectivity index (χ2n) is 7.51. The van der Waals surface area contributed by atoms with Crippen molar-refractivity contribution in [1.29, 1.82) is 0 Å². The molecule has 5 nitrogen and oxygen atoms in total. The average Bonchev–Trinajstić information content (AvgIpc) is 2.84. The van der Waals surface area contributed by atoms with E-state index in [4.69, 9.17) is 32.7 Å². The van der Waals surface area contributed by atoms with Crippen molar-refractivity contribution in [2.75, 3.05) is 36.5 Å². The molecule has 1 heterocycles. The minimum Gasteiger partial charge on any atom is -0.489 e. The lowest BCUT2D eigenvalue weighted by molar-refractivity contribution is 0.104. The summed E-state index contributed by atoms with van der Waals surface area (Å²) in [5.74, 6) is 0.553. The van der Waals surface area contributed by atoms with Crippen LogP contribution in [0.3, 0.4) is 0 Å². The van der Waals surface area contributed by atoms with Gasteiger partial charge in [0.2, 0.25) is 0 Å². The van der Waals surface area contributed by atoms with E-state index < -0.39 is 0 Å². The third-order valence-electron chi connectivity index (χ3n) is 5.28. The number of benzene rings is 3. The topological polar surface area (TPSA) is 50.8 Å². The van der Waals surface area contributed by atoms with Gasteiger partial charge >= 0.3 is 0 Å². The molecule has 0 bridgehead atoms. The van der Waals surface area contributed by atoms with Crippen LogP contribution in [-0.2, 0) is 11.3 Å². The van der Waals surface area contributed by atoms with Crippen molar-refractivity contribution in [1.82, 2.24) is 0 Å². The highest BCUT2D eigenvalue weighted by molar-refractivity contribution is 6.35. The van der Waals surface area contributed by atoms with Gasteiger partial charge in [-0.1, -0.05) is 41.4 Å². The highest BCUT2D eigenvalue weighted by Crippen LogP contribution is 2.26. The summed E-state index contributed by atoms with van der Waals surface area (Å²) in [7, 11) is 0. The monoisotopic (exact) mass is 482 g/mol. The first-order valence-electron chi connectivity index (χ1n) is 10.7. The predicted octanol–water partition coefficient (Wildman–Crippen LogP) is 6.22. The number of para-hydroxylation sites is 2. The van der Waals surface area contributed by atoms with E-state index in [0.29, 0.717) is 28.0 Å².